The van der Waals surface area contributed by atoms with Gasteiger partial charge in [0.2, 0.25) is 0 Å². The van der Waals surface area contributed by atoms with Gasteiger partial charge in [-0.1, -0.05) is 388 Å². The van der Waals surface area contributed by atoms with Gasteiger partial charge in [0.15, 0.2) is 12.2 Å². The van der Waals surface area contributed by atoms with Crippen molar-refractivity contribution in [3.63, 3.8) is 0 Å². The lowest BCUT2D eigenvalue weighted by Gasteiger charge is -2.21. The van der Waals surface area contributed by atoms with Crippen LogP contribution in [0.2, 0.25) is 0 Å². The van der Waals surface area contributed by atoms with Gasteiger partial charge in [-0.05, 0) is 31.6 Å². The minimum Gasteiger partial charge on any atom is -0.462 e. The second-order valence-electron chi connectivity index (χ2n) is 30.0. The van der Waals surface area contributed by atoms with Crippen LogP contribution in [0.4, 0.5) is 0 Å². The summed E-state index contributed by atoms with van der Waals surface area (Å²) in [4.78, 5) is 73.0. The van der Waals surface area contributed by atoms with E-state index in [2.05, 4.69) is 34.6 Å². The summed E-state index contributed by atoms with van der Waals surface area (Å²) in [6, 6.07) is 0. The summed E-state index contributed by atoms with van der Waals surface area (Å²) in [5, 5.41) is 10.6. The first-order valence-corrected chi connectivity index (χ1v) is 45.6. The first-order valence-electron chi connectivity index (χ1n) is 42.6. The van der Waals surface area contributed by atoms with Gasteiger partial charge >= 0.3 is 39.5 Å². The SMILES string of the molecule is CCCCCCCCCCCCCCCCCCCCCCCC(=O)O[C@H](COC(=O)CCCCCCCCCCCCCCCCC(C)C)COP(=O)(O)OC[C@@H](O)COP(=O)(O)OC[C@@H](COC(=O)CCCCCCCCCCC)OC(=O)CCCCCCCCCCCCCCCC. The highest BCUT2D eigenvalue weighted by Gasteiger charge is 2.30. The molecule has 600 valence electrons. The van der Waals surface area contributed by atoms with Crippen molar-refractivity contribution < 1.29 is 80.2 Å². The highest BCUT2D eigenvalue weighted by Crippen LogP contribution is 2.45. The van der Waals surface area contributed by atoms with Crippen molar-refractivity contribution in [2.24, 2.45) is 5.92 Å². The molecule has 0 heterocycles. The van der Waals surface area contributed by atoms with Crippen LogP contribution >= 0.6 is 15.6 Å². The molecule has 0 fully saturated rings. The van der Waals surface area contributed by atoms with E-state index in [0.29, 0.717) is 25.7 Å². The fourth-order valence-electron chi connectivity index (χ4n) is 12.8. The number of hydrogen-bond acceptors (Lipinski definition) is 15. The number of phosphoric acid groups is 2. The van der Waals surface area contributed by atoms with E-state index in [0.717, 1.165) is 95.8 Å². The fraction of sp³-hybridized carbons (Fsp3) is 0.951. The summed E-state index contributed by atoms with van der Waals surface area (Å²) in [7, 11) is -9.92. The molecule has 0 aromatic rings. The van der Waals surface area contributed by atoms with Crippen LogP contribution in [0, 0.1) is 5.92 Å². The molecular formula is C82H160O17P2. The van der Waals surface area contributed by atoms with Crippen molar-refractivity contribution >= 4 is 39.5 Å². The average molecular weight is 1480 g/mol. The maximum atomic E-state index is 13.1. The van der Waals surface area contributed by atoms with Gasteiger partial charge in [0.1, 0.15) is 19.3 Å². The van der Waals surface area contributed by atoms with E-state index in [1.54, 1.807) is 0 Å². The Bertz CT molecular complexity index is 1930. The quantitative estimate of drug-likeness (QED) is 0.0222. The Hall–Kier alpha value is -1.94. The third-order valence-corrected chi connectivity index (χ3v) is 21.2. The molecule has 0 aromatic heterocycles. The number of rotatable bonds is 82. The van der Waals surface area contributed by atoms with Crippen LogP contribution < -0.4 is 0 Å². The number of aliphatic hydroxyl groups is 1. The zero-order chi connectivity index (χ0) is 74.1. The minimum absolute atomic E-state index is 0.108. The van der Waals surface area contributed by atoms with Crippen LogP contribution in [0.3, 0.4) is 0 Å². The monoisotopic (exact) mass is 1480 g/mol. The molecule has 0 saturated carbocycles. The van der Waals surface area contributed by atoms with Crippen molar-refractivity contribution in [1.82, 2.24) is 0 Å². The van der Waals surface area contributed by atoms with E-state index < -0.39 is 97.5 Å². The molecule has 0 aromatic carbocycles. The smallest absolute Gasteiger partial charge is 0.462 e. The zero-order valence-corrected chi connectivity index (χ0v) is 67.8. The standard InChI is InChI=1S/C82H160O17P2/c1-6-9-12-15-18-21-23-25-27-28-29-30-31-32-33-39-43-48-53-58-63-68-82(87)99-78(72-93-80(85)66-61-56-51-46-41-38-35-34-36-40-45-49-54-59-64-75(4)5)74-97-101(90,91)95-70-76(83)69-94-100(88,89)96-73-77(71-92-79(84)65-60-55-50-44-20-17-14-11-8-3)98-81(86)67-62-57-52-47-42-37-26-24-22-19-16-13-10-7-2/h75-78,83H,6-74H2,1-5H3,(H,88,89)(H,90,91)/t76-,77+,78+/m0/s1. The van der Waals surface area contributed by atoms with Crippen molar-refractivity contribution in [1.29, 1.82) is 0 Å². The Balaban J connectivity index is 5.20. The summed E-state index contributed by atoms with van der Waals surface area (Å²) in [6.07, 6.45) is 66.6. The third kappa shape index (κ3) is 76.1. The van der Waals surface area contributed by atoms with Gasteiger partial charge < -0.3 is 33.8 Å². The first kappa shape index (κ1) is 99.1. The number of esters is 4. The number of aliphatic hydroxyl groups excluding tert-OH is 1. The highest BCUT2D eigenvalue weighted by atomic mass is 31.2. The molecule has 101 heavy (non-hydrogen) atoms. The summed E-state index contributed by atoms with van der Waals surface area (Å²) in [5.74, 6) is -1.31. The van der Waals surface area contributed by atoms with Crippen molar-refractivity contribution in [2.75, 3.05) is 39.6 Å². The topological polar surface area (TPSA) is 237 Å². The highest BCUT2D eigenvalue weighted by molar-refractivity contribution is 7.47. The molecule has 0 saturated heterocycles. The average Bonchev–Trinajstić information content (AvgIpc) is 0.969. The summed E-state index contributed by atoms with van der Waals surface area (Å²) >= 11 is 0. The van der Waals surface area contributed by atoms with Crippen LogP contribution in [0.15, 0.2) is 0 Å². The number of hydrogen-bond donors (Lipinski definition) is 3. The van der Waals surface area contributed by atoms with Crippen LogP contribution in [-0.2, 0) is 65.4 Å². The maximum absolute atomic E-state index is 13.1. The van der Waals surface area contributed by atoms with Gasteiger partial charge in [-0.15, -0.1) is 0 Å². The number of phosphoric ester groups is 2. The Morgan fingerprint density at radius 1 is 0.267 bits per heavy atom. The second-order valence-corrected chi connectivity index (χ2v) is 32.9. The second kappa shape index (κ2) is 74.9. The molecule has 0 aliphatic rings. The van der Waals surface area contributed by atoms with Gasteiger partial charge in [-0.25, -0.2) is 9.13 Å². The lowest BCUT2D eigenvalue weighted by atomic mass is 10.0. The molecular weight excluding hydrogens is 1320 g/mol. The van der Waals surface area contributed by atoms with Gasteiger partial charge in [0.05, 0.1) is 26.4 Å². The van der Waals surface area contributed by atoms with Crippen LogP contribution in [0.25, 0.3) is 0 Å². The molecule has 0 amide bonds. The number of ether oxygens (including phenoxy) is 4. The van der Waals surface area contributed by atoms with Crippen LogP contribution in [0.1, 0.15) is 439 Å². The molecule has 0 rings (SSSR count). The largest absolute Gasteiger partial charge is 0.472 e. The van der Waals surface area contributed by atoms with E-state index in [1.807, 2.05) is 0 Å². The number of unbranched alkanes of at least 4 members (excludes halogenated alkanes) is 54. The van der Waals surface area contributed by atoms with Crippen molar-refractivity contribution in [2.45, 2.75) is 457 Å². The number of carbonyl (C=O) groups excluding carboxylic acids is 4. The molecule has 0 aliphatic heterocycles. The Morgan fingerprint density at radius 2 is 0.455 bits per heavy atom. The molecule has 17 nitrogen and oxygen atoms in total. The van der Waals surface area contributed by atoms with Gasteiger partial charge in [0, 0.05) is 25.7 Å². The Kier molecular flexibility index (Phi) is 73.5. The Labute approximate surface area is 619 Å². The molecule has 5 atom stereocenters. The predicted molar refractivity (Wildman–Crippen MR) is 414 cm³/mol. The maximum Gasteiger partial charge on any atom is 0.472 e. The van der Waals surface area contributed by atoms with Crippen molar-refractivity contribution in [3.05, 3.63) is 0 Å². The van der Waals surface area contributed by atoms with Crippen LogP contribution in [-0.4, -0.2) is 96.7 Å². The van der Waals surface area contributed by atoms with E-state index in [1.165, 1.54) is 263 Å². The molecule has 2 unspecified atom stereocenters. The lowest BCUT2D eigenvalue weighted by molar-refractivity contribution is -0.161. The summed E-state index contributed by atoms with van der Waals surface area (Å²) < 4.78 is 68.7. The summed E-state index contributed by atoms with van der Waals surface area (Å²) in [6.45, 7) is 7.35. The normalized spacial score (nSPS) is 13.8. The summed E-state index contributed by atoms with van der Waals surface area (Å²) in [5.41, 5.74) is 0. The van der Waals surface area contributed by atoms with Crippen molar-refractivity contribution in [3.8, 4) is 0 Å². The fourth-order valence-corrected chi connectivity index (χ4v) is 14.3. The molecule has 19 heteroatoms. The minimum atomic E-state index is -4.96. The molecule has 3 N–H and O–H groups in total. The molecule has 0 spiro atoms. The molecule has 0 aliphatic carbocycles. The predicted octanol–water partition coefficient (Wildman–Crippen LogP) is 24.8. The lowest BCUT2D eigenvalue weighted by Crippen LogP contribution is -2.30. The van der Waals surface area contributed by atoms with E-state index in [-0.39, 0.29) is 25.7 Å². The number of carbonyl (C=O) groups is 4. The first-order chi connectivity index (χ1) is 49.0. The van der Waals surface area contributed by atoms with E-state index >= 15 is 0 Å². The van der Waals surface area contributed by atoms with Gasteiger partial charge in [-0.2, -0.15) is 0 Å². The third-order valence-electron chi connectivity index (χ3n) is 19.3. The van der Waals surface area contributed by atoms with Crippen LogP contribution in [0.5, 0.6) is 0 Å². The van der Waals surface area contributed by atoms with Gasteiger partial charge in [-0.3, -0.25) is 37.3 Å². The molecule has 0 radical (unpaired) electrons. The Morgan fingerprint density at radius 3 is 0.673 bits per heavy atom. The zero-order valence-electron chi connectivity index (χ0n) is 66.1. The van der Waals surface area contributed by atoms with E-state index in [4.69, 9.17) is 37.0 Å². The van der Waals surface area contributed by atoms with Gasteiger partial charge in [0.25, 0.3) is 0 Å². The molecule has 0 bridgehead atoms. The van der Waals surface area contributed by atoms with E-state index in [9.17, 15) is 43.2 Å².